The minimum atomic E-state index is -4.83. The highest BCUT2D eigenvalue weighted by Crippen LogP contribution is 2.32. The molecule has 0 aliphatic rings. The van der Waals surface area contributed by atoms with Crippen LogP contribution in [-0.2, 0) is 17.6 Å². The van der Waals surface area contributed by atoms with Crippen molar-refractivity contribution >= 4 is 22.6 Å². The average Bonchev–Trinajstić information content (AvgIpc) is 2.75. The van der Waals surface area contributed by atoms with E-state index < -0.39 is 42.3 Å². The molecule has 11 heteroatoms. The summed E-state index contributed by atoms with van der Waals surface area (Å²) in [5, 5.41) is 12.0. The van der Waals surface area contributed by atoms with Crippen LogP contribution in [-0.4, -0.2) is 29.2 Å². The van der Waals surface area contributed by atoms with Gasteiger partial charge in [0.15, 0.2) is 0 Å². The summed E-state index contributed by atoms with van der Waals surface area (Å²) < 4.78 is 82.1. The van der Waals surface area contributed by atoms with Crippen LogP contribution < -0.4 is 10.1 Å². The number of ether oxygens (including phenoxy) is 1. The number of carboxylic acid groups (broad SMARTS) is 1. The number of carbonyl (C=O) groups excluding carboxylic acids is 1. The van der Waals surface area contributed by atoms with Crippen LogP contribution in [0.1, 0.15) is 27.9 Å². The number of hydrogen-bond donors (Lipinski definition) is 2. The number of carbonyl (C=O) groups is 2. The van der Waals surface area contributed by atoms with Gasteiger partial charge in [0.2, 0.25) is 0 Å². The molecule has 180 valence electrons. The normalized spacial score (nSPS) is 12.9. The Kier molecular flexibility index (Phi) is 7.04. The Morgan fingerprint density at radius 3 is 2.15 bits per heavy atom. The largest absolute Gasteiger partial charge is 0.487 e. The second-order valence-corrected chi connectivity index (χ2v) is 7.33. The van der Waals surface area contributed by atoms with Crippen LogP contribution in [0.2, 0.25) is 0 Å². The number of benzene rings is 3. The first-order valence-corrected chi connectivity index (χ1v) is 9.76. The van der Waals surface area contributed by atoms with Crippen molar-refractivity contribution in [2.45, 2.75) is 31.4 Å². The highest BCUT2D eigenvalue weighted by molar-refractivity contribution is 6.04. The summed E-state index contributed by atoms with van der Waals surface area (Å²) in [7, 11) is 0. The molecule has 0 aromatic heterocycles. The van der Waals surface area contributed by atoms with Crippen molar-refractivity contribution in [2.24, 2.45) is 0 Å². The molecule has 0 bridgehead atoms. The highest BCUT2D eigenvalue weighted by atomic mass is 19.4. The lowest BCUT2D eigenvalue weighted by atomic mass is 10.0. The average molecular weight is 485 g/mol. The van der Waals surface area contributed by atoms with Gasteiger partial charge in [-0.05, 0) is 29.1 Å². The summed E-state index contributed by atoms with van der Waals surface area (Å²) in [6.45, 7) is -0.253. The fourth-order valence-corrected chi connectivity index (χ4v) is 3.19. The Hall–Kier alpha value is -3.76. The van der Waals surface area contributed by atoms with Crippen LogP contribution in [0.15, 0.2) is 60.7 Å². The van der Waals surface area contributed by atoms with Crippen LogP contribution in [0.4, 0.5) is 26.3 Å². The Morgan fingerprint density at radius 1 is 0.912 bits per heavy atom. The standard InChI is InChI=1S/C23H17F6NO4/c24-22(25,26)11-18(21(32)33)30-20(31)17-10-7-14-3-1-2-4-16(14)19(17)34-12-13-5-8-15(9-6-13)23(27,28)29/h1-10,18H,11-12H2,(H,30,31)(H,32,33). The van der Waals surface area contributed by atoms with Crippen molar-refractivity contribution in [3.8, 4) is 5.75 Å². The number of alkyl halides is 6. The summed E-state index contributed by atoms with van der Waals surface area (Å²) >= 11 is 0. The molecule has 3 aromatic rings. The molecule has 0 spiro atoms. The molecular formula is C23H17F6NO4. The van der Waals surface area contributed by atoms with E-state index in [0.29, 0.717) is 16.3 Å². The third-order valence-electron chi connectivity index (χ3n) is 4.83. The second-order valence-electron chi connectivity index (χ2n) is 7.33. The molecule has 34 heavy (non-hydrogen) atoms. The summed E-state index contributed by atoms with van der Waals surface area (Å²) in [5.41, 5.74) is -0.738. The van der Waals surface area contributed by atoms with E-state index in [2.05, 4.69) is 0 Å². The van der Waals surface area contributed by atoms with E-state index in [9.17, 15) is 35.9 Å². The number of rotatable bonds is 7. The Balaban J connectivity index is 1.91. The molecule has 1 atom stereocenters. The molecule has 1 amide bonds. The van der Waals surface area contributed by atoms with Gasteiger partial charge in [-0.3, -0.25) is 4.79 Å². The molecule has 0 aliphatic heterocycles. The fraction of sp³-hybridized carbons (Fsp3) is 0.217. The molecule has 3 aromatic carbocycles. The minimum Gasteiger partial charge on any atom is -0.487 e. The predicted octanol–water partition coefficient (Wildman–Crippen LogP) is 5.57. The number of nitrogens with one attached hydrogen (secondary N) is 1. The molecule has 0 heterocycles. The lowest BCUT2D eigenvalue weighted by Crippen LogP contribution is -2.43. The first-order valence-electron chi connectivity index (χ1n) is 9.76. The lowest BCUT2D eigenvalue weighted by molar-refractivity contribution is -0.157. The Bertz CT molecular complexity index is 1190. The number of fused-ring (bicyclic) bond motifs is 1. The second kappa shape index (κ2) is 9.62. The van der Waals surface area contributed by atoms with Gasteiger partial charge in [0.05, 0.1) is 17.5 Å². The van der Waals surface area contributed by atoms with E-state index in [1.807, 2.05) is 5.32 Å². The topological polar surface area (TPSA) is 75.6 Å². The molecule has 0 saturated heterocycles. The van der Waals surface area contributed by atoms with Crippen LogP contribution in [0, 0.1) is 0 Å². The maximum Gasteiger partial charge on any atom is 0.416 e. The zero-order valence-corrected chi connectivity index (χ0v) is 17.2. The first kappa shape index (κ1) is 24.9. The minimum absolute atomic E-state index is 0.0494. The molecule has 0 aliphatic carbocycles. The van der Waals surface area contributed by atoms with Crippen molar-refractivity contribution in [2.75, 3.05) is 0 Å². The molecular weight excluding hydrogens is 468 g/mol. The van der Waals surface area contributed by atoms with Gasteiger partial charge in [0, 0.05) is 5.39 Å². The molecule has 0 saturated carbocycles. The summed E-state index contributed by atoms with van der Waals surface area (Å²) in [6, 6.07) is 11.3. The molecule has 0 fully saturated rings. The Labute approximate surface area is 188 Å². The smallest absolute Gasteiger partial charge is 0.416 e. The van der Waals surface area contributed by atoms with E-state index in [1.165, 1.54) is 24.3 Å². The number of hydrogen-bond acceptors (Lipinski definition) is 3. The van der Waals surface area contributed by atoms with E-state index in [0.717, 1.165) is 12.1 Å². The van der Waals surface area contributed by atoms with Crippen molar-refractivity contribution in [3.05, 3.63) is 77.4 Å². The maximum atomic E-state index is 12.8. The SMILES string of the molecule is O=C(NC(CC(F)(F)F)C(=O)O)c1ccc2ccccc2c1OCc1ccc(C(F)(F)F)cc1. The van der Waals surface area contributed by atoms with E-state index in [1.54, 1.807) is 24.3 Å². The van der Waals surface area contributed by atoms with Gasteiger partial charge < -0.3 is 15.2 Å². The van der Waals surface area contributed by atoms with Gasteiger partial charge in [-0.15, -0.1) is 0 Å². The van der Waals surface area contributed by atoms with Crippen molar-refractivity contribution in [3.63, 3.8) is 0 Å². The van der Waals surface area contributed by atoms with Gasteiger partial charge >= 0.3 is 18.3 Å². The molecule has 3 rings (SSSR count). The quantitative estimate of drug-likeness (QED) is 0.429. The zero-order valence-electron chi connectivity index (χ0n) is 17.2. The van der Waals surface area contributed by atoms with Crippen LogP contribution in [0.25, 0.3) is 10.8 Å². The van der Waals surface area contributed by atoms with Gasteiger partial charge in [-0.2, -0.15) is 26.3 Å². The third-order valence-corrected chi connectivity index (χ3v) is 4.83. The molecule has 5 nitrogen and oxygen atoms in total. The monoisotopic (exact) mass is 485 g/mol. The van der Waals surface area contributed by atoms with Gasteiger partial charge in [0.25, 0.3) is 5.91 Å². The fourth-order valence-electron chi connectivity index (χ4n) is 3.19. The van der Waals surface area contributed by atoms with Gasteiger partial charge in [-0.1, -0.05) is 42.5 Å². The Morgan fingerprint density at radius 2 is 1.56 bits per heavy atom. The number of carboxylic acids is 1. The van der Waals surface area contributed by atoms with Crippen molar-refractivity contribution in [1.29, 1.82) is 0 Å². The highest BCUT2D eigenvalue weighted by Gasteiger charge is 2.37. The van der Waals surface area contributed by atoms with Crippen molar-refractivity contribution in [1.82, 2.24) is 5.32 Å². The van der Waals surface area contributed by atoms with Crippen LogP contribution in [0.3, 0.4) is 0 Å². The van der Waals surface area contributed by atoms with Gasteiger partial charge in [-0.25, -0.2) is 4.79 Å². The molecule has 1 unspecified atom stereocenters. The third kappa shape index (κ3) is 6.18. The van der Waals surface area contributed by atoms with E-state index in [4.69, 9.17) is 9.84 Å². The van der Waals surface area contributed by atoms with Crippen LogP contribution >= 0.6 is 0 Å². The van der Waals surface area contributed by atoms with Crippen LogP contribution in [0.5, 0.6) is 5.75 Å². The predicted molar refractivity (Wildman–Crippen MR) is 109 cm³/mol. The number of aliphatic carboxylic acids is 1. The van der Waals surface area contributed by atoms with Gasteiger partial charge in [0.1, 0.15) is 18.4 Å². The van der Waals surface area contributed by atoms with E-state index in [-0.39, 0.29) is 17.9 Å². The molecule has 0 radical (unpaired) electrons. The number of amides is 1. The number of halogens is 6. The first-order chi connectivity index (χ1) is 15.8. The summed E-state index contributed by atoms with van der Waals surface area (Å²) in [4.78, 5) is 24.0. The molecule has 2 N–H and O–H groups in total. The summed E-state index contributed by atoms with van der Waals surface area (Å²) in [5.74, 6) is -3.02. The maximum absolute atomic E-state index is 12.8. The van der Waals surface area contributed by atoms with E-state index >= 15 is 0 Å². The summed E-state index contributed by atoms with van der Waals surface area (Å²) in [6.07, 6.45) is -11.1. The van der Waals surface area contributed by atoms with Crippen molar-refractivity contribution < 1.29 is 45.8 Å². The lowest BCUT2D eigenvalue weighted by Gasteiger charge is -2.19. The zero-order chi connectivity index (χ0) is 25.1.